The van der Waals surface area contributed by atoms with E-state index in [1.165, 1.54) is 0 Å². The van der Waals surface area contributed by atoms with Crippen LogP contribution in [0.2, 0.25) is 0 Å². The highest BCUT2D eigenvalue weighted by Gasteiger charge is 2.23. The van der Waals surface area contributed by atoms with Crippen molar-refractivity contribution in [3.63, 3.8) is 0 Å². The van der Waals surface area contributed by atoms with Crippen molar-refractivity contribution >= 4 is 21.9 Å². The van der Waals surface area contributed by atoms with Gasteiger partial charge in [0.15, 0.2) is 0 Å². The minimum Gasteiger partial charge on any atom is -0.506 e. The molecule has 4 heteroatoms. The summed E-state index contributed by atoms with van der Waals surface area (Å²) < 4.78 is 0.473. The minimum atomic E-state index is -1.05. The first-order chi connectivity index (χ1) is 7.11. The van der Waals surface area contributed by atoms with Crippen LogP contribution in [0.15, 0.2) is 10.5 Å². The summed E-state index contributed by atoms with van der Waals surface area (Å²) in [6, 6.07) is 1.83. The maximum absolute atomic E-state index is 11.1. The Morgan fingerprint density at radius 3 is 2.67 bits per heavy atom. The number of benzene rings is 1. The minimum absolute atomic E-state index is 0.0686. The fourth-order valence-corrected chi connectivity index (χ4v) is 2.56. The molecule has 0 unspecified atom stereocenters. The van der Waals surface area contributed by atoms with Crippen LogP contribution in [0, 0.1) is 0 Å². The van der Waals surface area contributed by atoms with E-state index in [2.05, 4.69) is 15.9 Å². The molecule has 0 saturated carbocycles. The van der Waals surface area contributed by atoms with Gasteiger partial charge in [-0.2, -0.15) is 0 Å². The fraction of sp³-hybridized carbons (Fsp3) is 0.364. The summed E-state index contributed by atoms with van der Waals surface area (Å²) in [7, 11) is 0. The summed E-state index contributed by atoms with van der Waals surface area (Å²) in [6.45, 7) is 0. The lowest BCUT2D eigenvalue weighted by Gasteiger charge is -2.19. The first kappa shape index (κ1) is 10.5. The molecule has 0 heterocycles. The Hall–Kier alpha value is -1.03. The first-order valence-corrected chi connectivity index (χ1v) is 5.67. The molecule has 0 fully saturated rings. The summed E-state index contributed by atoms with van der Waals surface area (Å²) in [5, 5.41) is 18.8. The van der Waals surface area contributed by atoms with Crippen LogP contribution < -0.4 is 0 Å². The number of carboxylic acids is 1. The molecule has 1 aliphatic rings. The van der Waals surface area contributed by atoms with E-state index in [1.54, 1.807) is 0 Å². The van der Waals surface area contributed by atoms with Gasteiger partial charge in [-0.25, -0.2) is 4.79 Å². The Morgan fingerprint density at radius 1 is 1.33 bits per heavy atom. The lowest BCUT2D eigenvalue weighted by atomic mass is 9.88. The summed E-state index contributed by atoms with van der Waals surface area (Å²) in [6.07, 6.45) is 3.73. The van der Waals surface area contributed by atoms with Crippen molar-refractivity contribution in [3.05, 3.63) is 27.2 Å². The van der Waals surface area contributed by atoms with Crippen LogP contribution in [0.1, 0.15) is 34.3 Å². The van der Waals surface area contributed by atoms with E-state index >= 15 is 0 Å². The Labute approximate surface area is 95.9 Å². The van der Waals surface area contributed by atoms with Crippen molar-refractivity contribution in [1.29, 1.82) is 0 Å². The van der Waals surface area contributed by atoms with Crippen LogP contribution in [0.4, 0.5) is 0 Å². The van der Waals surface area contributed by atoms with Crippen LogP contribution in [0.25, 0.3) is 0 Å². The molecule has 1 aromatic carbocycles. The van der Waals surface area contributed by atoms with Crippen LogP contribution in [0.3, 0.4) is 0 Å². The fourth-order valence-electron chi connectivity index (χ4n) is 2.09. The SMILES string of the molecule is O=C(O)c1c(O)c(Br)cc2c1CCCC2. The second-order valence-electron chi connectivity index (χ2n) is 3.73. The zero-order valence-corrected chi connectivity index (χ0v) is 9.67. The highest BCUT2D eigenvalue weighted by Crippen LogP contribution is 2.36. The average molecular weight is 271 g/mol. The Bertz CT molecular complexity index is 426. The largest absolute Gasteiger partial charge is 0.506 e. The van der Waals surface area contributed by atoms with E-state index in [-0.39, 0.29) is 11.3 Å². The van der Waals surface area contributed by atoms with Gasteiger partial charge in [0.1, 0.15) is 11.3 Å². The molecule has 0 saturated heterocycles. The van der Waals surface area contributed by atoms with Crippen LogP contribution in [-0.4, -0.2) is 16.2 Å². The number of halogens is 1. The maximum Gasteiger partial charge on any atom is 0.339 e. The molecule has 0 aromatic heterocycles. The second-order valence-corrected chi connectivity index (χ2v) is 4.59. The third kappa shape index (κ3) is 1.74. The average Bonchev–Trinajstić information content (AvgIpc) is 2.19. The number of aromatic carboxylic acids is 1. The van der Waals surface area contributed by atoms with Crippen molar-refractivity contribution in [2.45, 2.75) is 25.7 Å². The Kier molecular flexibility index (Phi) is 2.69. The van der Waals surface area contributed by atoms with Crippen molar-refractivity contribution in [2.24, 2.45) is 0 Å². The van der Waals surface area contributed by atoms with Gasteiger partial charge in [0.25, 0.3) is 0 Å². The molecule has 80 valence electrons. The third-order valence-corrected chi connectivity index (χ3v) is 3.39. The number of hydrogen-bond acceptors (Lipinski definition) is 2. The molecule has 0 bridgehead atoms. The highest BCUT2D eigenvalue weighted by atomic mass is 79.9. The van der Waals surface area contributed by atoms with E-state index in [9.17, 15) is 9.90 Å². The molecule has 1 aliphatic carbocycles. The number of carbonyl (C=O) groups is 1. The number of rotatable bonds is 1. The quantitative estimate of drug-likeness (QED) is 0.825. The zero-order valence-electron chi connectivity index (χ0n) is 8.09. The van der Waals surface area contributed by atoms with E-state index < -0.39 is 5.97 Å². The Balaban J connectivity index is 2.68. The number of phenols is 1. The van der Waals surface area contributed by atoms with Crippen molar-refractivity contribution in [1.82, 2.24) is 0 Å². The molecule has 0 radical (unpaired) electrons. The monoisotopic (exact) mass is 270 g/mol. The lowest BCUT2D eigenvalue weighted by Crippen LogP contribution is -2.11. The lowest BCUT2D eigenvalue weighted by molar-refractivity contribution is 0.0692. The van der Waals surface area contributed by atoms with Gasteiger partial charge >= 0.3 is 5.97 Å². The number of aromatic hydroxyl groups is 1. The molecule has 15 heavy (non-hydrogen) atoms. The Morgan fingerprint density at radius 2 is 2.00 bits per heavy atom. The molecule has 0 atom stereocenters. The standard InChI is InChI=1S/C11H11BrO3/c12-8-5-6-3-1-2-4-7(6)9(10(8)13)11(14)15/h5,13H,1-4H2,(H,14,15). The molecule has 0 spiro atoms. The molecule has 2 rings (SSSR count). The highest BCUT2D eigenvalue weighted by molar-refractivity contribution is 9.10. The molecule has 0 aliphatic heterocycles. The predicted molar refractivity (Wildman–Crippen MR) is 59.4 cm³/mol. The van der Waals surface area contributed by atoms with Crippen molar-refractivity contribution in [2.75, 3.05) is 0 Å². The maximum atomic E-state index is 11.1. The van der Waals surface area contributed by atoms with Crippen LogP contribution >= 0.6 is 15.9 Å². The zero-order chi connectivity index (χ0) is 11.0. The third-order valence-electron chi connectivity index (χ3n) is 2.79. The molecular weight excluding hydrogens is 260 g/mol. The summed E-state index contributed by atoms with van der Waals surface area (Å²) in [5.74, 6) is -1.20. The van der Waals surface area contributed by atoms with E-state index in [4.69, 9.17) is 5.11 Å². The number of fused-ring (bicyclic) bond motifs is 1. The first-order valence-electron chi connectivity index (χ1n) is 4.87. The second kappa shape index (κ2) is 3.85. The summed E-state index contributed by atoms with van der Waals surface area (Å²) in [5.41, 5.74) is 1.91. The van der Waals surface area contributed by atoms with Gasteiger partial charge in [0.05, 0.1) is 4.47 Å². The van der Waals surface area contributed by atoms with Gasteiger partial charge < -0.3 is 10.2 Å². The number of aryl methyl sites for hydroxylation is 1. The van der Waals surface area contributed by atoms with Gasteiger partial charge in [0.2, 0.25) is 0 Å². The normalized spacial score (nSPS) is 14.7. The molecule has 2 N–H and O–H groups in total. The molecule has 1 aromatic rings. The molecule has 0 amide bonds. The van der Waals surface area contributed by atoms with Crippen LogP contribution in [0.5, 0.6) is 5.75 Å². The van der Waals surface area contributed by atoms with Gasteiger partial charge in [0, 0.05) is 0 Å². The summed E-state index contributed by atoms with van der Waals surface area (Å²) >= 11 is 3.18. The topological polar surface area (TPSA) is 57.5 Å². The smallest absolute Gasteiger partial charge is 0.339 e. The van der Waals surface area contributed by atoms with Gasteiger partial charge in [-0.15, -0.1) is 0 Å². The van der Waals surface area contributed by atoms with Gasteiger partial charge in [-0.3, -0.25) is 0 Å². The van der Waals surface area contributed by atoms with Crippen molar-refractivity contribution < 1.29 is 15.0 Å². The van der Waals surface area contributed by atoms with E-state index in [0.717, 1.165) is 36.8 Å². The number of hydrogen-bond donors (Lipinski definition) is 2. The van der Waals surface area contributed by atoms with Gasteiger partial charge in [-0.05, 0) is 58.8 Å². The predicted octanol–water partition coefficient (Wildman–Crippen LogP) is 2.73. The van der Waals surface area contributed by atoms with Gasteiger partial charge in [-0.1, -0.05) is 0 Å². The molecular formula is C11H11BrO3. The number of carboxylic acid groups (broad SMARTS) is 1. The summed E-state index contributed by atoms with van der Waals surface area (Å²) in [4.78, 5) is 11.1. The van der Waals surface area contributed by atoms with Crippen molar-refractivity contribution in [3.8, 4) is 5.75 Å². The van der Waals surface area contributed by atoms with E-state index in [0.29, 0.717) is 4.47 Å². The van der Waals surface area contributed by atoms with E-state index in [1.807, 2.05) is 6.07 Å². The van der Waals surface area contributed by atoms with Crippen LogP contribution in [-0.2, 0) is 12.8 Å². The molecule has 3 nitrogen and oxygen atoms in total.